The van der Waals surface area contributed by atoms with Gasteiger partial charge in [0.25, 0.3) is 0 Å². The predicted molar refractivity (Wildman–Crippen MR) is 96.0 cm³/mol. The second-order valence-electron chi connectivity index (χ2n) is 7.04. The van der Waals surface area contributed by atoms with Crippen LogP contribution in [0.5, 0.6) is 5.75 Å². The van der Waals surface area contributed by atoms with Gasteiger partial charge in [0.15, 0.2) is 5.43 Å². The van der Waals surface area contributed by atoms with Crippen molar-refractivity contribution >= 4 is 16.8 Å². The van der Waals surface area contributed by atoms with E-state index >= 15 is 0 Å². The molecule has 3 rings (SSSR count). The third kappa shape index (κ3) is 3.43. The summed E-state index contributed by atoms with van der Waals surface area (Å²) in [7, 11) is 0. The Labute approximate surface area is 159 Å². The molecule has 5 atom stereocenters. The Morgan fingerprint density at radius 2 is 1.82 bits per heavy atom. The Morgan fingerprint density at radius 3 is 2.43 bits per heavy atom. The lowest BCUT2D eigenvalue weighted by atomic mass is 9.89. The Kier molecular flexibility index (Phi) is 5.55. The average molecular weight is 394 g/mol. The molecule has 0 radical (unpaired) electrons. The van der Waals surface area contributed by atoms with Crippen LogP contribution >= 0.6 is 0 Å². The van der Waals surface area contributed by atoms with E-state index in [1.54, 1.807) is 6.92 Å². The van der Waals surface area contributed by atoms with Crippen molar-refractivity contribution < 1.29 is 39.5 Å². The second-order valence-corrected chi connectivity index (χ2v) is 7.04. The molecule has 0 aliphatic carbocycles. The summed E-state index contributed by atoms with van der Waals surface area (Å²) in [5, 5.41) is 50.5. The van der Waals surface area contributed by atoms with E-state index in [1.165, 1.54) is 19.1 Å². The van der Waals surface area contributed by atoms with Crippen molar-refractivity contribution in [3.8, 4) is 5.75 Å². The number of aromatic hydroxyl groups is 1. The standard InChI is InChI=1S/C19H22O9/c1-7-3-10(22)14(19-17(26)16(25)15(24)12(6-20)28-19)18-13(7)11(23)5-9(27-18)4-8(2)21/h3,5,12,15-17,19-20,22,24-26H,4,6H2,1-2H3/t12-,15+,16+,17+,19+/m0/s1. The molecule has 0 bridgehead atoms. The molecule has 1 aromatic carbocycles. The number of ketones is 1. The third-order valence-corrected chi connectivity index (χ3v) is 4.87. The molecule has 152 valence electrons. The average Bonchev–Trinajstić information content (AvgIpc) is 2.60. The number of benzene rings is 1. The molecule has 0 unspecified atom stereocenters. The number of aryl methyl sites for hydroxylation is 1. The summed E-state index contributed by atoms with van der Waals surface area (Å²) in [5.74, 6) is -0.535. The molecule has 9 nitrogen and oxygen atoms in total. The number of ether oxygens (including phenoxy) is 1. The Morgan fingerprint density at radius 1 is 1.14 bits per heavy atom. The van der Waals surface area contributed by atoms with E-state index in [9.17, 15) is 35.1 Å². The molecule has 2 aromatic rings. The maximum absolute atomic E-state index is 12.6. The van der Waals surface area contributed by atoms with Gasteiger partial charge in [-0.3, -0.25) is 9.59 Å². The Balaban J connectivity index is 2.26. The molecular formula is C19H22O9. The Bertz CT molecular complexity index is 962. The number of fused-ring (bicyclic) bond motifs is 1. The normalized spacial score (nSPS) is 27.9. The molecule has 2 heterocycles. The molecule has 5 N–H and O–H groups in total. The molecule has 9 heteroatoms. The minimum absolute atomic E-state index is 0.0702. The summed E-state index contributed by atoms with van der Waals surface area (Å²) in [4.78, 5) is 24.0. The smallest absolute Gasteiger partial charge is 0.193 e. The van der Waals surface area contributed by atoms with Crippen LogP contribution in [0.1, 0.15) is 29.9 Å². The molecule has 0 amide bonds. The van der Waals surface area contributed by atoms with Gasteiger partial charge in [-0.05, 0) is 25.5 Å². The molecule has 1 saturated heterocycles. The van der Waals surface area contributed by atoms with E-state index in [-0.39, 0.29) is 40.2 Å². The van der Waals surface area contributed by atoms with Gasteiger partial charge in [0.1, 0.15) is 53.4 Å². The van der Waals surface area contributed by atoms with E-state index in [2.05, 4.69) is 0 Å². The van der Waals surface area contributed by atoms with Crippen molar-refractivity contribution in [2.75, 3.05) is 6.61 Å². The van der Waals surface area contributed by atoms with Crippen LogP contribution in [0.25, 0.3) is 11.0 Å². The summed E-state index contributed by atoms with van der Waals surface area (Å²) >= 11 is 0. The topological polar surface area (TPSA) is 158 Å². The minimum Gasteiger partial charge on any atom is -0.507 e. The van der Waals surface area contributed by atoms with Crippen molar-refractivity contribution in [2.45, 2.75) is 50.8 Å². The molecule has 0 saturated carbocycles. The van der Waals surface area contributed by atoms with Crippen molar-refractivity contribution in [1.29, 1.82) is 0 Å². The lowest BCUT2D eigenvalue weighted by Gasteiger charge is -2.40. The number of rotatable bonds is 4. The largest absolute Gasteiger partial charge is 0.507 e. The predicted octanol–water partition coefficient (Wildman–Crippen LogP) is -0.547. The summed E-state index contributed by atoms with van der Waals surface area (Å²) in [6.45, 7) is 2.27. The van der Waals surface area contributed by atoms with Gasteiger partial charge in [-0.15, -0.1) is 0 Å². The van der Waals surface area contributed by atoms with Gasteiger partial charge in [-0.2, -0.15) is 0 Å². The van der Waals surface area contributed by atoms with Crippen LogP contribution in [0.3, 0.4) is 0 Å². The fourth-order valence-electron chi connectivity index (χ4n) is 3.52. The highest BCUT2D eigenvalue weighted by Gasteiger charge is 2.45. The number of aliphatic hydroxyl groups is 4. The number of hydrogen-bond acceptors (Lipinski definition) is 9. The zero-order chi connectivity index (χ0) is 20.7. The monoisotopic (exact) mass is 394 g/mol. The van der Waals surface area contributed by atoms with Gasteiger partial charge in [-0.25, -0.2) is 0 Å². The maximum atomic E-state index is 12.6. The highest BCUT2D eigenvalue weighted by Crippen LogP contribution is 2.41. The van der Waals surface area contributed by atoms with E-state index in [1.807, 2.05) is 0 Å². The first-order valence-corrected chi connectivity index (χ1v) is 8.74. The highest BCUT2D eigenvalue weighted by atomic mass is 16.5. The van der Waals surface area contributed by atoms with Crippen molar-refractivity contribution in [2.24, 2.45) is 0 Å². The summed E-state index contributed by atoms with van der Waals surface area (Å²) in [5.41, 5.74) is -0.240. The van der Waals surface area contributed by atoms with Crippen LogP contribution < -0.4 is 5.43 Å². The fourth-order valence-corrected chi connectivity index (χ4v) is 3.52. The van der Waals surface area contributed by atoms with Crippen LogP contribution in [0, 0.1) is 6.92 Å². The van der Waals surface area contributed by atoms with E-state index in [0.717, 1.165) is 0 Å². The zero-order valence-corrected chi connectivity index (χ0v) is 15.3. The quantitative estimate of drug-likeness (QED) is 0.459. The second kappa shape index (κ2) is 7.61. The first kappa shape index (κ1) is 20.4. The summed E-state index contributed by atoms with van der Waals surface area (Å²) < 4.78 is 11.2. The van der Waals surface area contributed by atoms with Gasteiger partial charge < -0.3 is 34.7 Å². The van der Waals surface area contributed by atoms with Crippen molar-refractivity contribution in [3.05, 3.63) is 39.2 Å². The third-order valence-electron chi connectivity index (χ3n) is 4.87. The number of phenolic OH excluding ortho intramolecular Hbond substituents is 1. The lowest BCUT2D eigenvalue weighted by Crippen LogP contribution is -2.55. The van der Waals surface area contributed by atoms with Gasteiger partial charge in [-0.1, -0.05) is 0 Å². The van der Waals surface area contributed by atoms with Gasteiger partial charge in [0.05, 0.1) is 24.0 Å². The maximum Gasteiger partial charge on any atom is 0.193 e. The van der Waals surface area contributed by atoms with Gasteiger partial charge in [0.2, 0.25) is 0 Å². The van der Waals surface area contributed by atoms with Crippen molar-refractivity contribution in [3.63, 3.8) is 0 Å². The molecule has 1 aromatic heterocycles. The summed E-state index contributed by atoms with van der Waals surface area (Å²) in [6.07, 6.45) is -7.65. The SMILES string of the molecule is CC(=O)Cc1cc(=O)c2c(C)cc(O)c([C@H]3O[C@@H](CO)[C@@H](O)[C@@H](O)[C@H]3O)c2o1. The highest BCUT2D eigenvalue weighted by molar-refractivity contribution is 5.86. The minimum atomic E-state index is -1.67. The van der Waals surface area contributed by atoms with Crippen LogP contribution in [0.4, 0.5) is 0 Å². The molecule has 0 spiro atoms. The summed E-state index contributed by atoms with van der Waals surface area (Å²) in [6, 6.07) is 2.48. The number of phenols is 1. The van der Waals surface area contributed by atoms with Crippen LogP contribution in [-0.2, 0) is 16.0 Å². The molecular weight excluding hydrogens is 372 g/mol. The fraction of sp³-hybridized carbons (Fsp3) is 0.474. The number of Topliss-reactive ketones (excluding diaryl/α,β-unsaturated/α-hetero) is 1. The van der Waals surface area contributed by atoms with Crippen molar-refractivity contribution in [1.82, 2.24) is 0 Å². The number of carbonyl (C=O) groups is 1. The van der Waals surface area contributed by atoms with Gasteiger partial charge >= 0.3 is 0 Å². The van der Waals surface area contributed by atoms with Crippen LogP contribution in [0.15, 0.2) is 21.3 Å². The molecule has 28 heavy (non-hydrogen) atoms. The Hall–Kier alpha value is -2.30. The number of aliphatic hydroxyl groups excluding tert-OH is 4. The van der Waals surface area contributed by atoms with Gasteiger partial charge in [0, 0.05) is 6.07 Å². The lowest BCUT2D eigenvalue weighted by molar-refractivity contribution is -0.231. The van der Waals surface area contributed by atoms with Crippen LogP contribution in [0.2, 0.25) is 0 Å². The first-order valence-electron chi connectivity index (χ1n) is 8.74. The molecule has 1 fully saturated rings. The number of hydrogen-bond donors (Lipinski definition) is 5. The van der Waals surface area contributed by atoms with E-state index in [0.29, 0.717) is 5.56 Å². The molecule has 1 aliphatic heterocycles. The van der Waals surface area contributed by atoms with Crippen LogP contribution in [-0.4, -0.2) is 62.3 Å². The van der Waals surface area contributed by atoms with E-state index in [4.69, 9.17) is 9.15 Å². The number of carbonyl (C=O) groups excluding carboxylic acids is 1. The van der Waals surface area contributed by atoms with E-state index < -0.39 is 42.6 Å². The first-order chi connectivity index (χ1) is 13.1. The zero-order valence-electron chi connectivity index (χ0n) is 15.3. The molecule has 1 aliphatic rings.